The Morgan fingerprint density at radius 3 is 2.50 bits per heavy atom. The van der Waals surface area contributed by atoms with Crippen molar-refractivity contribution in [1.29, 1.82) is 0 Å². The number of hydrogen-bond donors (Lipinski definition) is 1. The van der Waals surface area contributed by atoms with E-state index in [9.17, 15) is 4.79 Å². The minimum atomic E-state index is -0.246. The molecule has 18 heavy (non-hydrogen) atoms. The predicted molar refractivity (Wildman–Crippen MR) is 73.5 cm³/mol. The van der Waals surface area contributed by atoms with E-state index in [0.29, 0.717) is 0 Å². The van der Waals surface area contributed by atoms with Gasteiger partial charge in [0.25, 0.3) is 0 Å². The minimum Gasteiger partial charge on any atom is -0.344 e. The maximum absolute atomic E-state index is 12.7. The standard InChI is InChI=1S/C15H22N2O/c1-16-11-12-17(2)14(18)15(9-6-10-15)13-7-4-3-5-8-13/h3-5,7-8,16H,6,9-12H2,1-2H3. The van der Waals surface area contributed by atoms with Crippen LogP contribution in [0.25, 0.3) is 0 Å². The highest BCUT2D eigenvalue weighted by atomic mass is 16.2. The van der Waals surface area contributed by atoms with Gasteiger partial charge < -0.3 is 10.2 Å². The van der Waals surface area contributed by atoms with Crippen LogP contribution in [0.5, 0.6) is 0 Å². The summed E-state index contributed by atoms with van der Waals surface area (Å²) in [5.41, 5.74) is 0.932. The first-order chi connectivity index (χ1) is 8.70. The van der Waals surface area contributed by atoms with Crippen LogP contribution in [-0.4, -0.2) is 38.0 Å². The van der Waals surface area contributed by atoms with Crippen LogP contribution in [0.1, 0.15) is 24.8 Å². The van der Waals surface area contributed by atoms with Gasteiger partial charge in [0, 0.05) is 20.1 Å². The van der Waals surface area contributed by atoms with Crippen LogP contribution in [0.15, 0.2) is 30.3 Å². The molecule has 98 valence electrons. The molecule has 1 fully saturated rings. The van der Waals surface area contributed by atoms with Crippen LogP contribution in [-0.2, 0) is 10.2 Å². The van der Waals surface area contributed by atoms with E-state index in [4.69, 9.17) is 0 Å². The van der Waals surface area contributed by atoms with Gasteiger partial charge in [-0.25, -0.2) is 0 Å². The molecule has 1 aliphatic carbocycles. The van der Waals surface area contributed by atoms with Crippen LogP contribution in [0.2, 0.25) is 0 Å². The summed E-state index contributed by atoms with van der Waals surface area (Å²) in [6.07, 6.45) is 3.12. The fourth-order valence-electron chi connectivity index (χ4n) is 2.66. The Kier molecular flexibility index (Phi) is 4.02. The summed E-state index contributed by atoms with van der Waals surface area (Å²) >= 11 is 0. The topological polar surface area (TPSA) is 32.3 Å². The van der Waals surface area contributed by atoms with Gasteiger partial charge in [0.1, 0.15) is 0 Å². The molecule has 0 saturated heterocycles. The number of rotatable bonds is 5. The lowest BCUT2D eigenvalue weighted by atomic mass is 9.63. The molecule has 3 nitrogen and oxygen atoms in total. The smallest absolute Gasteiger partial charge is 0.233 e. The number of carbonyl (C=O) groups excluding carboxylic acids is 1. The van der Waals surface area contributed by atoms with Gasteiger partial charge in [-0.15, -0.1) is 0 Å². The maximum Gasteiger partial charge on any atom is 0.233 e. The van der Waals surface area contributed by atoms with Gasteiger partial charge in [-0.1, -0.05) is 36.8 Å². The first kappa shape index (κ1) is 13.1. The van der Waals surface area contributed by atoms with E-state index in [1.54, 1.807) is 0 Å². The van der Waals surface area contributed by atoms with Crippen LogP contribution in [0.3, 0.4) is 0 Å². The van der Waals surface area contributed by atoms with E-state index in [1.165, 1.54) is 5.56 Å². The summed E-state index contributed by atoms with van der Waals surface area (Å²) in [4.78, 5) is 14.5. The molecule has 1 N–H and O–H groups in total. The van der Waals surface area contributed by atoms with Crippen molar-refractivity contribution < 1.29 is 4.79 Å². The van der Waals surface area contributed by atoms with Gasteiger partial charge in [0.15, 0.2) is 0 Å². The molecule has 1 aliphatic rings. The third-order valence-electron chi connectivity index (χ3n) is 3.99. The van der Waals surface area contributed by atoms with Crippen molar-refractivity contribution in [3.05, 3.63) is 35.9 Å². The third-order valence-corrected chi connectivity index (χ3v) is 3.99. The second-order valence-electron chi connectivity index (χ2n) is 5.13. The van der Waals surface area contributed by atoms with Crippen LogP contribution >= 0.6 is 0 Å². The second kappa shape index (κ2) is 5.53. The number of carbonyl (C=O) groups is 1. The summed E-state index contributed by atoms with van der Waals surface area (Å²) in [6.45, 7) is 1.61. The van der Waals surface area contributed by atoms with Crippen molar-refractivity contribution in [2.24, 2.45) is 0 Å². The highest BCUT2D eigenvalue weighted by Crippen LogP contribution is 2.44. The summed E-state index contributed by atoms with van der Waals surface area (Å²) < 4.78 is 0. The monoisotopic (exact) mass is 246 g/mol. The molecule has 1 aromatic rings. The van der Waals surface area contributed by atoms with Gasteiger partial charge in [0.05, 0.1) is 5.41 Å². The van der Waals surface area contributed by atoms with Crippen LogP contribution in [0.4, 0.5) is 0 Å². The fourth-order valence-corrected chi connectivity index (χ4v) is 2.66. The van der Waals surface area contributed by atoms with Crippen molar-refractivity contribution in [3.63, 3.8) is 0 Å². The molecule has 0 heterocycles. The molecule has 1 saturated carbocycles. The molecule has 0 aliphatic heterocycles. The van der Waals surface area contributed by atoms with Crippen molar-refractivity contribution in [1.82, 2.24) is 10.2 Å². The Bertz CT molecular complexity index is 398. The van der Waals surface area contributed by atoms with E-state index >= 15 is 0 Å². The molecule has 1 aromatic carbocycles. The number of amides is 1. The maximum atomic E-state index is 12.7. The van der Waals surface area contributed by atoms with Crippen LogP contribution < -0.4 is 5.32 Å². The molecule has 0 spiro atoms. The highest BCUT2D eigenvalue weighted by Gasteiger charge is 2.46. The molecule has 2 rings (SSSR count). The summed E-state index contributed by atoms with van der Waals surface area (Å²) in [7, 11) is 3.82. The molecule has 0 atom stereocenters. The first-order valence-corrected chi connectivity index (χ1v) is 6.66. The summed E-state index contributed by atoms with van der Waals surface area (Å²) in [6, 6.07) is 10.2. The second-order valence-corrected chi connectivity index (χ2v) is 5.13. The lowest BCUT2D eigenvalue weighted by Crippen LogP contribution is -2.50. The Balaban J connectivity index is 2.15. The lowest BCUT2D eigenvalue weighted by Gasteiger charge is -2.43. The summed E-state index contributed by atoms with van der Waals surface area (Å²) in [5.74, 6) is 0.273. The zero-order valence-corrected chi connectivity index (χ0v) is 11.3. The van der Waals surface area contributed by atoms with E-state index in [1.807, 2.05) is 37.2 Å². The predicted octanol–water partition coefficient (Wildman–Crippen LogP) is 1.79. The van der Waals surface area contributed by atoms with Crippen molar-refractivity contribution >= 4 is 5.91 Å². The Hall–Kier alpha value is -1.35. The largest absolute Gasteiger partial charge is 0.344 e. The van der Waals surface area contributed by atoms with Gasteiger partial charge in [0.2, 0.25) is 5.91 Å². The Labute approximate surface area is 109 Å². The molecular weight excluding hydrogens is 224 g/mol. The molecule has 0 bridgehead atoms. The van der Waals surface area contributed by atoms with E-state index < -0.39 is 0 Å². The Morgan fingerprint density at radius 1 is 1.33 bits per heavy atom. The van der Waals surface area contributed by atoms with Crippen molar-refractivity contribution in [2.75, 3.05) is 27.2 Å². The van der Waals surface area contributed by atoms with Crippen molar-refractivity contribution in [2.45, 2.75) is 24.7 Å². The normalized spacial score (nSPS) is 17.0. The number of nitrogens with zero attached hydrogens (tertiary/aromatic N) is 1. The SMILES string of the molecule is CNCCN(C)C(=O)C1(c2ccccc2)CCC1. The quantitative estimate of drug-likeness (QED) is 0.859. The molecular formula is C15H22N2O. The van der Waals surface area contributed by atoms with E-state index in [0.717, 1.165) is 32.4 Å². The van der Waals surface area contributed by atoms with E-state index in [2.05, 4.69) is 17.4 Å². The highest BCUT2D eigenvalue weighted by molar-refractivity contribution is 5.89. The zero-order chi connectivity index (χ0) is 13.0. The minimum absolute atomic E-state index is 0.246. The molecule has 0 aromatic heterocycles. The Morgan fingerprint density at radius 2 is 2.00 bits per heavy atom. The fraction of sp³-hybridized carbons (Fsp3) is 0.533. The van der Waals surface area contributed by atoms with Gasteiger partial charge in [-0.3, -0.25) is 4.79 Å². The third kappa shape index (κ3) is 2.27. The number of nitrogens with one attached hydrogen (secondary N) is 1. The molecule has 0 unspecified atom stereocenters. The molecule has 3 heteroatoms. The molecule has 1 amide bonds. The lowest BCUT2D eigenvalue weighted by molar-refractivity contribution is -0.139. The van der Waals surface area contributed by atoms with Crippen LogP contribution in [0, 0.1) is 0 Å². The molecule has 0 radical (unpaired) electrons. The number of benzene rings is 1. The van der Waals surface area contributed by atoms with Gasteiger partial charge in [-0.05, 0) is 25.5 Å². The average molecular weight is 246 g/mol. The number of hydrogen-bond acceptors (Lipinski definition) is 2. The van der Waals surface area contributed by atoms with Crippen molar-refractivity contribution in [3.8, 4) is 0 Å². The zero-order valence-electron chi connectivity index (χ0n) is 11.3. The average Bonchev–Trinajstić information content (AvgIpc) is 2.36. The first-order valence-electron chi connectivity index (χ1n) is 6.66. The summed E-state index contributed by atoms with van der Waals surface area (Å²) in [5, 5.41) is 3.09. The number of likely N-dealkylation sites (N-methyl/N-ethyl adjacent to an activating group) is 2. The van der Waals surface area contributed by atoms with E-state index in [-0.39, 0.29) is 11.3 Å². The van der Waals surface area contributed by atoms with Gasteiger partial charge >= 0.3 is 0 Å². The van der Waals surface area contributed by atoms with Gasteiger partial charge in [-0.2, -0.15) is 0 Å².